The van der Waals surface area contributed by atoms with E-state index in [9.17, 15) is 5.11 Å². The molecule has 9 atom stereocenters. The van der Waals surface area contributed by atoms with Crippen LogP contribution in [-0.2, 0) is 28.4 Å². The number of fused-ring (bicyclic) bond motifs is 2. The Morgan fingerprint density at radius 2 is 1.32 bits per heavy atom. The second-order valence-electron chi connectivity index (χ2n) is 9.60. The van der Waals surface area contributed by atoms with Crippen LogP contribution in [0.15, 0.2) is 12.7 Å². The molecule has 0 bridgehead atoms. The molecular formula is C23H42O8. The van der Waals surface area contributed by atoms with Crippen LogP contribution in [0.4, 0.5) is 0 Å². The van der Waals surface area contributed by atoms with Crippen molar-refractivity contribution in [3.05, 3.63) is 12.7 Å². The number of hydrogen-bond donors (Lipinski definition) is 2. The number of hydrogen-bond acceptors (Lipinski definition) is 8. The van der Waals surface area contributed by atoms with Crippen molar-refractivity contribution < 1.29 is 38.6 Å². The van der Waals surface area contributed by atoms with E-state index in [-0.39, 0.29) is 56.9 Å². The van der Waals surface area contributed by atoms with Crippen LogP contribution in [0.2, 0.25) is 0 Å². The first kappa shape index (κ1) is 26.7. The van der Waals surface area contributed by atoms with Crippen molar-refractivity contribution in [2.24, 2.45) is 11.8 Å². The molecule has 4 aliphatic rings. The quantitative estimate of drug-likeness (QED) is 0.623. The van der Waals surface area contributed by atoms with Crippen molar-refractivity contribution in [3.8, 4) is 0 Å². The zero-order chi connectivity index (χ0) is 22.3. The Hall–Kier alpha value is -0.580. The lowest BCUT2D eigenvalue weighted by atomic mass is 9.96. The minimum absolute atomic E-state index is 0. The Morgan fingerprint density at radius 3 is 1.74 bits per heavy atom. The lowest BCUT2D eigenvalue weighted by Gasteiger charge is -2.24. The smallest absolute Gasteiger partial charge is 0.187 e. The molecule has 0 aromatic heterocycles. The van der Waals surface area contributed by atoms with E-state index in [2.05, 4.69) is 13.5 Å². The first-order valence-corrected chi connectivity index (χ1v) is 10.9. The predicted octanol–water partition coefficient (Wildman–Crippen LogP) is 2.95. The standard InChI is InChI=1S/C11H20O5.C11H18O3.CH4/c1-6-8(4-7(13)5-12)14-10-9(6)15-11(2,3)16-10;1-5-6-8-7(2)9-10(12-8)14-11(3,4)13-9;/h6-10,12-13H,4-5H2,1-3H3;5,7-10H,1,6H2,2-4H3;1H4/t6-,7?,8+,9?,10+;7-,8+,9?,10+;/m00./s1. The summed E-state index contributed by atoms with van der Waals surface area (Å²) in [4.78, 5) is 0. The number of aliphatic hydroxyl groups excluding tert-OH is 2. The van der Waals surface area contributed by atoms with Crippen LogP contribution >= 0.6 is 0 Å². The van der Waals surface area contributed by atoms with Gasteiger partial charge in [0.15, 0.2) is 24.2 Å². The summed E-state index contributed by atoms with van der Waals surface area (Å²) in [6, 6.07) is 0. The Balaban J connectivity index is 0.000000215. The zero-order valence-electron chi connectivity index (χ0n) is 18.9. The fourth-order valence-corrected chi connectivity index (χ4v) is 4.50. The molecule has 4 aliphatic heterocycles. The molecule has 4 rings (SSSR count). The predicted molar refractivity (Wildman–Crippen MR) is 115 cm³/mol. The minimum Gasteiger partial charge on any atom is -0.394 e. The highest BCUT2D eigenvalue weighted by molar-refractivity contribution is 4.93. The van der Waals surface area contributed by atoms with Gasteiger partial charge in [0.25, 0.3) is 0 Å². The lowest BCUT2D eigenvalue weighted by molar-refractivity contribution is -0.212. The molecular weight excluding hydrogens is 404 g/mol. The highest BCUT2D eigenvalue weighted by Gasteiger charge is 2.53. The molecule has 0 aromatic rings. The van der Waals surface area contributed by atoms with Crippen LogP contribution in [-0.4, -0.2) is 71.5 Å². The molecule has 8 nitrogen and oxygen atoms in total. The zero-order valence-corrected chi connectivity index (χ0v) is 18.9. The van der Waals surface area contributed by atoms with Gasteiger partial charge < -0.3 is 38.6 Å². The third-order valence-corrected chi connectivity index (χ3v) is 6.12. The summed E-state index contributed by atoms with van der Waals surface area (Å²) < 4.78 is 34.2. The summed E-state index contributed by atoms with van der Waals surface area (Å²) in [5, 5.41) is 18.2. The van der Waals surface area contributed by atoms with E-state index in [1.807, 2.05) is 40.7 Å². The first-order chi connectivity index (χ1) is 14.0. The largest absolute Gasteiger partial charge is 0.394 e. The molecule has 8 heteroatoms. The van der Waals surface area contributed by atoms with Gasteiger partial charge in [-0.15, -0.1) is 6.58 Å². The molecule has 0 aliphatic carbocycles. The third-order valence-electron chi connectivity index (χ3n) is 6.12. The van der Waals surface area contributed by atoms with E-state index in [1.54, 1.807) is 0 Å². The van der Waals surface area contributed by atoms with Crippen LogP contribution in [0.5, 0.6) is 0 Å². The van der Waals surface area contributed by atoms with Crippen molar-refractivity contribution in [3.63, 3.8) is 0 Å². The lowest BCUT2D eigenvalue weighted by Crippen LogP contribution is -2.31. The summed E-state index contributed by atoms with van der Waals surface area (Å²) in [6.45, 7) is 15.2. The van der Waals surface area contributed by atoms with E-state index in [0.29, 0.717) is 12.3 Å². The van der Waals surface area contributed by atoms with Gasteiger partial charge in [0.1, 0.15) is 12.2 Å². The van der Waals surface area contributed by atoms with Crippen LogP contribution in [0, 0.1) is 11.8 Å². The van der Waals surface area contributed by atoms with Crippen LogP contribution in [0.3, 0.4) is 0 Å². The van der Waals surface area contributed by atoms with Gasteiger partial charge in [0.05, 0.1) is 24.9 Å². The van der Waals surface area contributed by atoms with Gasteiger partial charge in [-0.1, -0.05) is 27.4 Å². The number of rotatable bonds is 5. The van der Waals surface area contributed by atoms with Gasteiger partial charge in [-0.25, -0.2) is 0 Å². The van der Waals surface area contributed by atoms with Gasteiger partial charge in [-0.05, 0) is 34.1 Å². The molecule has 0 radical (unpaired) electrons. The second kappa shape index (κ2) is 10.1. The van der Waals surface area contributed by atoms with Crippen LogP contribution in [0.1, 0.15) is 61.8 Å². The average molecular weight is 447 g/mol. The average Bonchev–Trinajstić information content (AvgIpc) is 3.29. The topological polar surface area (TPSA) is 95.8 Å². The van der Waals surface area contributed by atoms with E-state index in [4.69, 9.17) is 33.5 Å². The van der Waals surface area contributed by atoms with Crippen LogP contribution in [0.25, 0.3) is 0 Å². The van der Waals surface area contributed by atoms with Crippen molar-refractivity contribution in [2.75, 3.05) is 6.61 Å². The molecule has 0 aromatic carbocycles. The Morgan fingerprint density at radius 1 is 0.871 bits per heavy atom. The van der Waals surface area contributed by atoms with Crippen molar-refractivity contribution >= 4 is 0 Å². The summed E-state index contributed by atoms with van der Waals surface area (Å²) in [5.41, 5.74) is 0. The van der Waals surface area contributed by atoms with Gasteiger partial charge in [-0.2, -0.15) is 0 Å². The summed E-state index contributed by atoms with van der Waals surface area (Å²) in [5.74, 6) is -0.555. The molecule has 4 saturated heterocycles. The van der Waals surface area contributed by atoms with E-state index in [0.717, 1.165) is 6.42 Å². The fraction of sp³-hybridized carbons (Fsp3) is 0.913. The van der Waals surface area contributed by atoms with Gasteiger partial charge in [0.2, 0.25) is 0 Å². The maximum absolute atomic E-state index is 9.39. The maximum Gasteiger partial charge on any atom is 0.187 e. The third kappa shape index (κ3) is 6.06. The molecule has 0 amide bonds. The van der Waals surface area contributed by atoms with E-state index in [1.165, 1.54) is 0 Å². The second-order valence-corrected chi connectivity index (χ2v) is 9.60. The van der Waals surface area contributed by atoms with Crippen molar-refractivity contribution in [1.29, 1.82) is 0 Å². The fourth-order valence-electron chi connectivity index (χ4n) is 4.50. The van der Waals surface area contributed by atoms with Crippen molar-refractivity contribution in [1.82, 2.24) is 0 Å². The molecule has 4 fully saturated rings. The Bertz CT molecular complexity index is 594. The van der Waals surface area contributed by atoms with Gasteiger partial charge in [0, 0.05) is 18.3 Å². The van der Waals surface area contributed by atoms with Crippen molar-refractivity contribution in [2.45, 2.75) is 116 Å². The first-order valence-electron chi connectivity index (χ1n) is 10.9. The van der Waals surface area contributed by atoms with E-state index < -0.39 is 17.7 Å². The highest BCUT2D eigenvalue weighted by atomic mass is 16.8. The molecule has 4 heterocycles. The monoisotopic (exact) mass is 446 g/mol. The SMILES string of the molecule is C.C=CC[C@H]1O[C@@H]2OC(C)(C)OC2[C@H]1C.C[C@@H]1C2OC(C)(C)O[C@H]2O[C@@H]1CC(O)CO. The van der Waals surface area contributed by atoms with Crippen LogP contribution < -0.4 is 0 Å². The summed E-state index contributed by atoms with van der Waals surface area (Å²) >= 11 is 0. The van der Waals surface area contributed by atoms with E-state index >= 15 is 0 Å². The molecule has 31 heavy (non-hydrogen) atoms. The summed E-state index contributed by atoms with van der Waals surface area (Å²) in [6.07, 6.45) is 1.96. The Kier molecular flexibility index (Phi) is 8.72. The van der Waals surface area contributed by atoms with Gasteiger partial charge in [-0.3, -0.25) is 0 Å². The number of aliphatic hydroxyl groups is 2. The molecule has 0 saturated carbocycles. The molecule has 182 valence electrons. The highest BCUT2D eigenvalue weighted by Crippen LogP contribution is 2.42. The maximum atomic E-state index is 9.39. The Labute approximate surface area is 186 Å². The normalized spacial score (nSPS) is 42.7. The summed E-state index contributed by atoms with van der Waals surface area (Å²) in [7, 11) is 0. The van der Waals surface area contributed by atoms with Gasteiger partial charge >= 0.3 is 0 Å². The number of ether oxygens (including phenoxy) is 6. The molecule has 2 N–H and O–H groups in total. The minimum atomic E-state index is -0.737. The molecule has 0 spiro atoms. The molecule has 3 unspecified atom stereocenters.